The fourth-order valence-electron chi connectivity index (χ4n) is 4.73. The highest BCUT2D eigenvalue weighted by Crippen LogP contribution is 2.35. The van der Waals surface area contributed by atoms with Crippen molar-refractivity contribution in [2.45, 2.75) is 32.6 Å². The summed E-state index contributed by atoms with van der Waals surface area (Å²) in [5, 5.41) is 33.0. The summed E-state index contributed by atoms with van der Waals surface area (Å²) < 4.78 is 0. The van der Waals surface area contributed by atoms with Gasteiger partial charge < -0.3 is 15.3 Å². The van der Waals surface area contributed by atoms with E-state index in [-0.39, 0.29) is 17.2 Å². The second kappa shape index (κ2) is 8.08. The van der Waals surface area contributed by atoms with Crippen molar-refractivity contribution in [3.8, 4) is 17.2 Å². The average molecular weight is 423 g/mol. The summed E-state index contributed by atoms with van der Waals surface area (Å²) in [5.74, 6) is 0.796. The molecule has 0 atom stereocenters. The molecular formula is C29H26O3. The average Bonchev–Trinajstić information content (AvgIpc) is 2.78. The van der Waals surface area contributed by atoms with E-state index in [1.54, 1.807) is 0 Å². The third-order valence-electron chi connectivity index (χ3n) is 6.69. The van der Waals surface area contributed by atoms with Gasteiger partial charge in [-0.25, -0.2) is 0 Å². The van der Waals surface area contributed by atoms with Crippen LogP contribution < -0.4 is 0 Å². The van der Waals surface area contributed by atoms with Gasteiger partial charge in [0.1, 0.15) is 17.2 Å². The van der Waals surface area contributed by atoms with Crippen molar-refractivity contribution in [2.75, 3.05) is 0 Å². The summed E-state index contributed by atoms with van der Waals surface area (Å²) in [7, 11) is 0. The molecule has 0 radical (unpaired) electrons. The first kappa shape index (κ1) is 20.2. The van der Waals surface area contributed by atoms with E-state index in [9.17, 15) is 15.3 Å². The van der Waals surface area contributed by atoms with Crippen molar-refractivity contribution in [3.63, 3.8) is 0 Å². The first-order chi connectivity index (χ1) is 15.5. The van der Waals surface area contributed by atoms with Crippen LogP contribution in [-0.2, 0) is 25.7 Å². The van der Waals surface area contributed by atoms with E-state index in [0.717, 1.165) is 44.5 Å². The maximum absolute atomic E-state index is 11.0. The normalized spacial score (nSPS) is 13.0. The van der Waals surface area contributed by atoms with Crippen LogP contribution in [0.15, 0.2) is 72.8 Å². The Hall–Kier alpha value is -3.72. The van der Waals surface area contributed by atoms with Crippen molar-refractivity contribution < 1.29 is 15.3 Å². The molecule has 4 aromatic rings. The summed E-state index contributed by atoms with van der Waals surface area (Å²) in [6, 6.07) is 23.6. The van der Waals surface area contributed by atoms with Gasteiger partial charge in [-0.1, -0.05) is 72.8 Å². The van der Waals surface area contributed by atoms with Gasteiger partial charge in [0.25, 0.3) is 0 Å². The summed E-state index contributed by atoms with van der Waals surface area (Å²) in [6.45, 7) is 2.11. The van der Waals surface area contributed by atoms with Crippen molar-refractivity contribution >= 4 is 0 Å². The first-order valence-corrected chi connectivity index (χ1v) is 11.0. The lowest BCUT2D eigenvalue weighted by molar-refractivity contribution is 0.454. The van der Waals surface area contributed by atoms with Gasteiger partial charge in [-0.15, -0.1) is 0 Å². The zero-order valence-electron chi connectivity index (χ0n) is 18.1. The molecular weight excluding hydrogens is 396 g/mol. The fourth-order valence-corrected chi connectivity index (χ4v) is 4.73. The third kappa shape index (κ3) is 3.60. The largest absolute Gasteiger partial charge is 0.507 e. The molecule has 32 heavy (non-hydrogen) atoms. The summed E-state index contributed by atoms with van der Waals surface area (Å²) in [6.07, 6.45) is 2.11. The number of rotatable bonds is 0. The van der Waals surface area contributed by atoms with Gasteiger partial charge in [0.2, 0.25) is 0 Å². The van der Waals surface area contributed by atoms with Crippen molar-refractivity contribution in [1.29, 1.82) is 0 Å². The Labute approximate surface area is 188 Å². The van der Waals surface area contributed by atoms with E-state index in [4.69, 9.17) is 0 Å². The first-order valence-electron chi connectivity index (χ1n) is 11.0. The molecule has 1 aliphatic rings. The second-order valence-corrected chi connectivity index (χ2v) is 8.68. The lowest BCUT2D eigenvalue weighted by Gasteiger charge is -2.17. The summed E-state index contributed by atoms with van der Waals surface area (Å²) in [4.78, 5) is 0. The number of phenols is 3. The van der Waals surface area contributed by atoms with Gasteiger partial charge in [-0.3, -0.25) is 0 Å². The van der Waals surface area contributed by atoms with Crippen molar-refractivity contribution in [2.24, 2.45) is 0 Å². The van der Waals surface area contributed by atoms with Crippen molar-refractivity contribution in [1.82, 2.24) is 0 Å². The number of hydrogen-bond acceptors (Lipinski definition) is 3. The van der Waals surface area contributed by atoms with Crippen LogP contribution in [0, 0.1) is 6.92 Å². The van der Waals surface area contributed by atoms with E-state index >= 15 is 0 Å². The van der Waals surface area contributed by atoms with Crippen LogP contribution in [0.4, 0.5) is 0 Å². The lowest BCUT2D eigenvalue weighted by atomic mass is 9.90. The molecule has 160 valence electrons. The molecule has 0 heterocycles. The number of phenolic OH excluding ortho intramolecular Hbond substituents is 3. The van der Waals surface area contributed by atoms with Gasteiger partial charge in [-0.2, -0.15) is 0 Å². The molecule has 8 bridgehead atoms. The van der Waals surface area contributed by atoms with Crippen LogP contribution in [-0.4, -0.2) is 15.3 Å². The molecule has 3 N–H and O–H groups in total. The summed E-state index contributed by atoms with van der Waals surface area (Å²) >= 11 is 0. The quantitative estimate of drug-likeness (QED) is 0.296. The van der Waals surface area contributed by atoms with Gasteiger partial charge >= 0.3 is 0 Å². The number of aromatic hydroxyl groups is 3. The molecule has 0 unspecified atom stereocenters. The SMILES string of the molecule is Cc1c2cccc1Cc1cccc(c1O)Cc1cccc(c1O)Cc1cccc(c1O)C2. The Kier molecular flexibility index (Phi) is 5.10. The fraction of sp³-hybridized carbons (Fsp3) is 0.172. The third-order valence-corrected chi connectivity index (χ3v) is 6.69. The smallest absolute Gasteiger partial charge is 0.122 e. The van der Waals surface area contributed by atoms with E-state index in [2.05, 4.69) is 19.1 Å². The minimum atomic E-state index is 0.218. The molecule has 5 rings (SSSR count). The Morgan fingerprint density at radius 2 is 0.625 bits per heavy atom. The number of hydrogen-bond donors (Lipinski definition) is 3. The summed E-state index contributed by atoms with van der Waals surface area (Å²) in [5.41, 5.74) is 8.33. The Balaban J connectivity index is 1.71. The Bertz CT molecular complexity index is 1030. The van der Waals surface area contributed by atoms with Gasteiger partial charge in [0, 0.05) is 25.7 Å². The molecule has 4 aromatic carbocycles. The molecule has 0 aromatic heterocycles. The van der Waals surface area contributed by atoms with Crippen molar-refractivity contribution in [3.05, 3.63) is 123 Å². The highest BCUT2D eigenvalue weighted by molar-refractivity contribution is 5.53. The number of fused-ring (bicyclic) bond motifs is 8. The lowest BCUT2D eigenvalue weighted by Crippen LogP contribution is -2.02. The monoisotopic (exact) mass is 422 g/mol. The molecule has 3 nitrogen and oxygen atoms in total. The number of para-hydroxylation sites is 3. The highest BCUT2D eigenvalue weighted by Gasteiger charge is 2.17. The standard InChI is InChI=1S/C29H26O3/c1-18-19-6-2-7-20(18)15-22-9-4-11-24(28(22)31)17-26-13-5-12-25(29(26)32)16-23-10-3-8-21(14-19)27(23)30/h2-13,30-32H,14-17H2,1H3. The van der Waals surface area contributed by atoms with Gasteiger partial charge in [0.05, 0.1) is 0 Å². The molecule has 0 spiro atoms. The van der Waals surface area contributed by atoms with Crippen LogP contribution in [0.1, 0.15) is 50.1 Å². The van der Waals surface area contributed by atoms with E-state index < -0.39 is 0 Å². The number of benzene rings is 4. The Morgan fingerprint density at radius 1 is 0.406 bits per heavy atom. The van der Waals surface area contributed by atoms with Crippen LogP contribution in [0.2, 0.25) is 0 Å². The predicted molar refractivity (Wildman–Crippen MR) is 127 cm³/mol. The molecule has 3 heteroatoms. The highest BCUT2D eigenvalue weighted by atomic mass is 16.3. The van der Waals surface area contributed by atoms with E-state index in [0.29, 0.717) is 25.7 Å². The minimum absolute atomic E-state index is 0.218. The van der Waals surface area contributed by atoms with Crippen LogP contribution in [0.5, 0.6) is 17.2 Å². The molecule has 0 fully saturated rings. The topological polar surface area (TPSA) is 60.7 Å². The maximum atomic E-state index is 11.0. The van der Waals surface area contributed by atoms with Gasteiger partial charge in [0.15, 0.2) is 0 Å². The molecule has 1 aliphatic carbocycles. The minimum Gasteiger partial charge on any atom is -0.507 e. The van der Waals surface area contributed by atoms with Gasteiger partial charge in [-0.05, 0) is 57.0 Å². The molecule has 0 amide bonds. The molecule has 0 aliphatic heterocycles. The van der Waals surface area contributed by atoms with Crippen LogP contribution in [0.25, 0.3) is 0 Å². The van der Waals surface area contributed by atoms with Crippen LogP contribution >= 0.6 is 0 Å². The van der Waals surface area contributed by atoms with E-state index in [1.165, 1.54) is 5.56 Å². The molecule has 0 saturated heterocycles. The maximum Gasteiger partial charge on any atom is 0.122 e. The zero-order chi connectivity index (χ0) is 22.2. The van der Waals surface area contributed by atoms with E-state index in [1.807, 2.05) is 60.7 Å². The second-order valence-electron chi connectivity index (χ2n) is 8.68. The Morgan fingerprint density at radius 3 is 0.906 bits per heavy atom. The molecule has 0 saturated carbocycles. The zero-order valence-corrected chi connectivity index (χ0v) is 18.1. The predicted octanol–water partition coefficient (Wildman–Crippen LogP) is 5.79. The van der Waals surface area contributed by atoms with Crippen LogP contribution in [0.3, 0.4) is 0 Å².